The first-order valence-electron chi connectivity index (χ1n) is 11.3. The fraction of sp³-hybridized carbons (Fsp3) is 0.500. The zero-order chi connectivity index (χ0) is 22.4. The van der Waals surface area contributed by atoms with Gasteiger partial charge in [-0.25, -0.2) is 9.18 Å². The Morgan fingerprint density at radius 2 is 2.09 bits per heavy atom. The summed E-state index contributed by atoms with van der Waals surface area (Å²) >= 11 is 0. The molecule has 172 valence electrons. The van der Waals surface area contributed by atoms with Crippen molar-refractivity contribution in [3.05, 3.63) is 54.0 Å². The van der Waals surface area contributed by atoms with Crippen LogP contribution in [0.25, 0.3) is 11.3 Å². The Labute approximate surface area is 188 Å². The molecule has 2 unspecified atom stereocenters. The molecule has 3 heterocycles. The molecule has 2 amide bonds. The van der Waals surface area contributed by atoms with Crippen molar-refractivity contribution in [2.75, 3.05) is 39.4 Å². The molecule has 7 nitrogen and oxygen atoms in total. The van der Waals surface area contributed by atoms with Gasteiger partial charge in [-0.3, -0.25) is 9.88 Å². The highest BCUT2D eigenvalue weighted by molar-refractivity contribution is 5.73. The van der Waals surface area contributed by atoms with Crippen LogP contribution in [0.3, 0.4) is 0 Å². The molecule has 2 aromatic rings. The summed E-state index contributed by atoms with van der Waals surface area (Å²) in [5.41, 5.74) is 2.32. The van der Waals surface area contributed by atoms with Gasteiger partial charge < -0.3 is 20.1 Å². The largest absolute Gasteiger partial charge is 0.377 e. The number of hydrogen-bond acceptors (Lipinski definition) is 5. The number of nitrogens with zero attached hydrogens (tertiary/aromatic N) is 2. The van der Waals surface area contributed by atoms with Gasteiger partial charge in [-0.1, -0.05) is 6.07 Å². The highest BCUT2D eigenvalue weighted by Gasteiger charge is 2.43. The number of pyridine rings is 1. The summed E-state index contributed by atoms with van der Waals surface area (Å²) in [5.74, 6) is -0.254. The maximum absolute atomic E-state index is 13.2. The Bertz CT molecular complexity index is 910. The van der Waals surface area contributed by atoms with E-state index in [1.54, 1.807) is 12.1 Å². The summed E-state index contributed by atoms with van der Waals surface area (Å²) in [7, 11) is 0. The van der Waals surface area contributed by atoms with E-state index in [-0.39, 0.29) is 23.6 Å². The summed E-state index contributed by atoms with van der Waals surface area (Å²) in [5, 5.41) is 5.62. The number of urea groups is 1. The van der Waals surface area contributed by atoms with E-state index in [2.05, 4.69) is 15.5 Å². The van der Waals surface area contributed by atoms with Gasteiger partial charge in [0.25, 0.3) is 0 Å². The quantitative estimate of drug-likeness (QED) is 0.720. The van der Waals surface area contributed by atoms with E-state index in [9.17, 15) is 9.18 Å². The minimum Gasteiger partial charge on any atom is -0.377 e. The van der Waals surface area contributed by atoms with E-state index in [0.717, 1.165) is 42.9 Å². The van der Waals surface area contributed by atoms with Crippen molar-refractivity contribution in [2.45, 2.75) is 38.0 Å². The van der Waals surface area contributed by atoms with Gasteiger partial charge in [0.05, 0.1) is 30.7 Å². The average Bonchev–Trinajstić information content (AvgIpc) is 3.08. The third-order valence-corrected chi connectivity index (χ3v) is 5.93. The van der Waals surface area contributed by atoms with Crippen LogP contribution < -0.4 is 10.6 Å². The molecule has 1 aromatic carbocycles. The topological polar surface area (TPSA) is 75.7 Å². The van der Waals surface area contributed by atoms with E-state index in [0.29, 0.717) is 32.8 Å². The molecule has 2 aliphatic rings. The van der Waals surface area contributed by atoms with Crippen LogP contribution >= 0.6 is 0 Å². The fourth-order valence-electron chi connectivity index (χ4n) is 4.39. The monoisotopic (exact) mass is 442 g/mol. The Balaban J connectivity index is 1.38. The lowest BCUT2D eigenvalue weighted by Crippen LogP contribution is -2.46. The van der Waals surface area contributed by atoms with Crippen LogP contribution in [0, 0.1) is 5.82 Å². The van der Waals surface area contributed by atoms with Crippen molar-refractivity contribution in [3.63, 3.8) is 0 Å². The smallest absolute Gasteiger partial charge is 0.314 e. The lowest BCUT2D eigenvalue weighted by molar-refractivity contribution is -0.0848. The number of halogens is 1. The first-order chi connectivity index (χ1) is 15.5. The molecular weight excluding hydrogens is 411 g/mol. The number of hydrogen-bond donors (Lipinski definition) is 2. The molecule has 1 spiro atoms. The first kappa shape index (κ1) is 22.6. The predicted octanol–water partition coefficient (Wildman–Crippen LogP) is 2.96. The number of nitrogens with one attached hydrogen (secondary N) is 2. The Hall–Kier alpha value is -2.55. The van der Waals surface area contributed by atoms with Crippen LogP contribution in [0.4, 0.5) is 9.18 Å². The lowest BCUT2D eigenvalue weighted by atomic mass is 10.00. The van der Waals surface area contributed by atoms with Crippen molar-refractivity contribution in [2.24, 2.45) is 0 Å². The Kier molecular flexibility index (Phi) is 7.34. The van der Waals surface area contributed by atoms with Gasteiger partial charge in [-0.05, 0) is 56.2 Å². The van der Waals surface area contributed by atoms with Crippen molar-refractivity contribution in [1.29, 1.82) is 0 Å². The summed E-state index contributed by atoms with van der Waals surface area (Å²) in [4.78, 5) is 18.8. The van der Waals surface area contributed by atoms with E-state index >= 15 is 0 Å². The van der Waals surface area contributed by atoms with Gasteiger partial charge in [0, 0.05) is 38.3 Å². The maximum Gasteiger partial charge on any atom is 0.314 e. The second-order valence-corrected chi connectivity index (χ2v) is 8.49. The number of carbonyl (C=O) groups excluding carboxylic acids is 1. The summed E-state index contributed by atoms with van der Waals surface area (Å²) in [6.07, 6.45) is 1.78. The molecule has 2 saturated heterocycles. The van der Waals surface area contributed by atoms with Crippen molar-refractivity contribution >= 4 is 6.03 Å². The van der Waals surface area contributed by atoms with Crippen LogP contribution in [0.1, 0.15) is 25.5 Å². The highest BCUT2D eigenvalue weighted by atomic mass is 19.1. The minimum absolute atomic E-state index is 0.0129. The summed E-state index contributed by atoms with van der Waals surface area (Å²) in [6.45, 7) is 6.43. The molecule has 0 aliphatic carbocycles. The van der Waals surface area contributed by atoms with Crippen LogP contribution in [-0.2, 0) is 16.0 Å². The summed E-state index contributed by atoms with van der Waals surface area (Å²) in [6, 6.07) is 12.2. The normalized spacial score (nSPS) is 23.8. The Morgan fingerprint density at radius 3 is 2.91 bits per heavy atom. The van der Waals surface area contributed by atoms with Gasteiger partial charge in [0.1, 0.15) is 11.4 Å². The van der Waals surface area contributed by atoms with E-state index in [4.69, 9.17) is 14.5 Å². The van der Waals surface area contributed by atoms with Crippen LogP contribution in [-0.4, -0.2) is 67.0 Å². The van der Waals surface area contributed by atoms with E-state index in [1.807, 2.05) is 25.1 Å². The number of rotatable bonds is 6. The number of carbonyl (C=O) groups is 1. The molecule has 2 fully saturated rings. The Morgan fingerprint density at radius 1 is 1.25 bits per heavy atom. The highest BCUT2D eigenvalue weighted by Crippen LogP contribution is 2.33. The average molecular weight is 443 g/mol. The van der Waals surface area contributed by atoms with Gasteiger partial charge in [-0.15, -0.1) is 0 Å². The molecule has 0 saturated carbocycles. The summed E-state index contributed by atoms with van der Waals surface area (Å²) < 4.78 is 25.5. The molecule has 2 N–H and O–H groups in total. The van der Waals surface area contributed by atoms with Crippen molar-refractivity contribution in [1.82, 2.24) is 20.5 Å². The molecule has 8 heteroatoms. The third-order valence-electron chi connectivity index (χ3n) is 5.93. The lowest BCUT2D eigenvalue weighted by Gasteiger charge is -2.32. The van der Waals surface area contributed by atoms with Crippen LogP contribution in [0.15, 0.2) is 42.5 Å². The van der Waals surface area contributed by atoms with Crippen molar-refractivity contribution < 1.29 is 18.7 Å². The third kappa shape index (κ3) is 5.82. The van der Waals surface area contributed by atoms with Gasteiger partial charge in [0.15, 0.2) is 0 Å². The van der Waals surface area contributed by atoms with E-state index in [1.165, 1.54) is 12.1 Å². The molecule has 2 aliphatic heterocycles. The fourth-order valence-corrected chi connectivity index (χ4v) is 4.39. The second kappa shape index (κ2) is 10.4. The zero-order valence-electron chi connectivity index (χ0n) is 18.5. The SMILES string of the molecule is CCNC(=O)NCC1CCC2(COCCN(Cc3cccc(-c4ccc(F)cc4)n3)C2)O1. The number of ether oxygens (including phenoxy) is 2. The van der Waals surface area contributed by atoms with Gasteiger partial charge >= 0.3 is 6.03 Å². The predicted molar refractivity (Wildman–Crippen MR) is 120 cm³/mol. The van der Waals surface area contributed by atoms with Crippen LogP contribution in [0.5, 0.6) is 0 Å². The van der Waals surface area contributed by atoms with E-state index < -0.39 is 0 Å². The second-order valence-electron chi connectivity index (χ2n) is 8.49. The first-order valence-corrected chi connectivity index (χ1v) is 11.3. The zero-order valence-corrected chi connectivity index (χ0v) is 18.5. The minimum atomic E-state index is -0.362. The standard InChI is InChI=1S/C24H31FN4O3/c1-2-26-23(30)27-14-21-10-11-24(32-21)16-29(12-13-31-17-24)15-20-4-3-5-22(28-20)18-6-8-19(25)9-7-18/h3-9,21H,2,10-17H2,1H3,(H2,26,27,30). The molecule has 2 atom stereocenters. The number of aromatic nitrogens is 1. The molecule has 1 aromatic heterocycles. The van der Waals surface area contributed by atoms with Gasteiger partial charge in [-0.2, -0.15) is 0 Å². The molecule has 0 radical (unpaired) electrons. The molecule has 0 bridgehead atoms. The molecular formula is C24H31FN4O3. The molecule has 32 heavy (non-hydrogen) atoms. The van der Waals surface area contributed by atoms with Crippen LogP contribution in [0.2, 0.25) is 0 Å². The molecule has 4 rings (SSSR count). The maximum atomic E-state index is 13.2. The van der Waals surface area contributed by atoms with Gasteiger partial charge in [0.2, 0.25) is 0 Å². The van der Waals surface area contributed by atoms with Crippen molar-refractivity contribution in [3.8, 4) is 11.3 Å². The number of amides is 2. The number of benzene rings is 1.